The van der Waals surface area contributed by atoms with E-state index in [-0.39, 0.29) is 17.4 Å². The summed E-state index contributed by atoms with van der Waals surface area (Å²) in [6.07, 6.45) is 3.82. The minimum atomic E-state index is -0.368. The third-order valence-corrected chi connectivity index (χ3v) is 6.18. The molecule has 1 heterocycles. The first-order valence-corrected chi connectivity index (χ1v) is 9.57. The van der Waals surface area contributed by atoms with Gasteiger partial charge in [-0.1, -0.05) is 37.1 Å². The second-order valence-corrected chi connectivity index (χ2v) is 7.39. The fourth-order valence-electron chi connectivity index (χ4n) is 3.72. The number of rotatable bonds is 7. The summed E-state index contributed by atoms with van der Waals surface area (Å²) in [5.74, 6) is 0.891. The van der Waals surface area contributed by atoms with Crippen molar-refractivity contribution in [3.05, 3.63) is 52.2 Å². The van der Waals surface area contributed by atoms with Crippen molar-refractivity contribution in [1.82, 2.24) is 5.32 Å². The molecule has 1 fully saturated rings. The molecule has 3 rings (SSSR count). The van der Waals surface area contributed by atoms with E-state index in [1.807, 2.05) is 30.3 Å². The van der Waals surface area contributed by atoms with Gasteiger partial charge in [0.2, 0.25) is 5.91 Å². The largest absolute Gasteiger partial charge is 0.496 e. The van der Waals surface area contributed by atoms with E-state index in [0.717, 1.165) is 37.0 Å². The summed E-state index contributed by atoms with van der Waals surface area (Å²) < 4.78 is 11.0. The molecule has 1 aliphatic rings. The number of carbonyl (C=O) groups excluding carboxylic acids is 1. The summed E-state index contributed by atoms with van der Waals surface area (Å²) in [4.78, 5) is 14.3. The number of methoxy groups -OCH3 is 2. The Balaban J connectivity index is 1.74. The van der Waals surface area contributed by atoms with Crippen LogP contribution in [0.3, 0.4) is 0 Å². The first kappa shape index (κ1) is 18.0. The molecule has 0 spiro atoms. The molecule has 1 aliphatic carbocycles. The second-order valence-electron chi connectivity index (χ2n) is 6.44. The van der Waals surface area contributed by atoms with Gasteiger partial charge in [0.25, 0.3) is 0 Å². The van der Waals surface area contributed by atoms with Crippen LogP contribution in [0.5, 0.6) is 5.75 Å². The van der Waals surface area contributed by atoms with E-state index >= 15 is 0 Å². The van der Waals surface area contributed by atoms with Crippen LogP contribution in [-0.4, -0.2) is 26.7 Å². The Labute approximate surface area is 153 Å². The number of ether oxygens (including phenoxy) is 2. The number of thiophene rings is 1. The molecule has 2 aromatic rings. The lowest BCUT2D eigenvalue weighted by Crippen LogP contribution is -2.43. The minimum Gasteiger partial charge on any atom is -0.496 e. The molecule has 5 heteroatoms. The van der Waals surface area contributed by atoms with Crippen molar-refractivity contribution < 1.29 is 14.3 Å². The Morgan fingerprint density at radius 3 is 2.60 bits per heavy atom. The molecule has 1 unspecified atom stereocenters. The Morgan fingerprint density at radius 2 is 1.96 bits per heavy atom. The van der Waals surface area contributed by atoms with Crippen molar-refractivity contribution in [2.24, 2.45) is 0 Å². The van der Waals surface area contributed by atoms with Crippen LogP contribution in [0.4, 0.5) is 0 Å². The van der Waals surface area contributed by atoms with E-state index < -0.39 is 0 Å². The zero-order valence-electron chi connectivity index (χ0n) is 14.8. The van der Waals surface area contributed by atoms with Crippen LogP contribution in [0.15, 0.2) is 41.8 Å². The fraction of sp³-hybridized carbons (Fsp3) is 0.450. The minimum absolute atomic E-state index is 0.115. The number of benzene rings is 1. The van der Waals surface area contributed by atoms with Gasteiger partial charge in [-0.15, -0.1) is 11.3 Å². The highest BCUT2D eigenvalue weighted by Gasteiger charge is 2.43. The van der Waals surface area contributed by atoms with Crippen molar-refractivity contribution in [2.45, 2.75) is 37.2 Å². The van der Waals surface area contributed by atoms with E-state index in [1.54, 1.807) is 25.6 Å². The summed E-state index contributed by atoms with van der Waals surface area (Å²) in [5.41, 5.74) is 0.581. The Bertz CT molecular complexity index is 693. The third kappa shape index (κ3) is 3.58. The number of hydrogen-bond acceptors (Lipinski definition) is 4. The maximum Gasteiger partial charge on any atom is 0.231 e. The summed E-state index contributed by atoms with van der Waals surface area (Å²) in [6.45, 7) is 0.433. The highest BCUT2D eigenvalue weighted by Crippen LogP contribution is 2.43. The van der Waals surface area contributed by atoms with Crippen molar-refractivity contribution in [3.63, 3.8) is 0 Å². The molecule has 25 heavy (non-hydrogen) atoms. The summed E-state index contributed by atoms with van der Waals surface area (Å²) in [5, 5.41) is 5.19. The predicted octanol–water partition coefficient (Wildman–Crippen LogP) is 4.07. The van der Waals surface area contributed by atoms with Gasteiger partial charge in [-0.05, 0) is 30.4 Å². The SMILES string of the molecule is COc1ccccc1C(CNC(=O)C1(c2cccs2)CCCC1)OC. The lowest BCUT2D eigenvalue weighted by molar-refractivity contribution is -0.127. The first-order chi connectivity index (χ1) is 12.2. The van der Waals surface area contributed by atoms with Crippen molar-refractivity contribution in [1.29, 1.82) is 0 Å². The Morgan fingerprint density at radius 1 is 1.20 bits per heavy atom. The topological polar surface area (TPSA) is 47.6 Å². The van der Waals surface area contributed by atoms with Gasteiger partial charge in [0.05, 0.1) is 12.5 Å². The van der Waals surface area contributed by atoms with Crippen molar-refractivity contribution >= 4 is 17.2 Å². The quantitative estimate of drug-likeness (QED) is 0.810. The molecule has 0 radical (unpaired) electrons. The average Bonchev–Trinajstić information content (AvgIpc) is 3.34. The van der Waals surface area contributed by atoms with Gasteiger partial charge in [0, 0.05) is 24.1 Å². The number of hydrogen-bond donors (Lipinski definition) is 1. The van der Waals surface area contributed by atoms with Gasteiger partial charge in [0.15, 0.2) is 0 Å². The van der Waals surface area contributed by atoms with Crippen LogP contribution in [0.25, 0.3) is 0 Å². The molecule has 1 aromatic carbocycles. The molecule has 1 N–H and O–H groups in total. The zero-order chi connectivity index (χ0) is 17.7. The van der Waals surface area contributed by atoms with E-state index in [1.165, 1.54) is 4.88 Å². The van der Waals surface area contributed by atoms with Gasteiger partial charge in [-0.25, -0.2) is 0 Å². The zero-order valence-corrected chi connectivity index (χ0v) is 15.6. The van der Waals surface area contributed by atoms with Gasteiger partial charge < -0.3 is 14.8 Å². The van der Waals surface area contributed by atoms with E-state index in [0.29, 0.717) is 6.54 Å². The smallest absolute Gasteiger partial charge is 0.231 e. The Hall–Kier alpha value is -1.85. The third-order valence-electron chi connectivity index (χ3n) is 5.10. The molecule has 1 aromatic heterocycles. The van der Waals surface area contributed by atoms with Crippen molar-refractivity contribution in [2.75, 3.05) is 20.8 Å². The molecular weight excluding hydrogens is 334 g/mol. The molecule has 0 aliphatic heterocycles. The summed E-state index contributed by atoms with van der Waals surface area (Å²) in [7, 11) is 3.31. The van der Waals surface area contributed by atoms with Gasteiger partial charge in [0.1, 0.15) is 11.9 Å². The Kier molecular flexibility index (Phi) is 5.76. The first-order valence-electron chi connectivity index (χ1n) is 8.69. The monoisotopic (exact) mass is 359 g/mol. The van der Waals surface area contributed by atoms with Crippen LogP contribution in [0, 0.1) is 0 Å². The summed E-state index contributed by atoms with van der Waals surface area (Å²) in [6, 6.07) is 11.9. The standard InChI is InChI=1S/C20H25NO3S/c1-23-16-9-4-3-8-15(16)17(24-2)14-21-19(22)20(11-5-6-12-20)18-10-7-13-25-18/h3-4,7-10,13,17H,5-6,11-12,14H2,1-2H3,(H,21,22). The highest BCUT2D eigenvalue weighted by molar-refractivity contribution is 7.10. The number of nitrogens with one attached hydrogen (secondary N) is 1. The maximum atomic E-state index is 13.1. The van der Waals surface area contributed by atoms with E-state index in [2.05, 4.69) is 16.8 Å². The number of carbonyl (C=O) groups is 1. The van der Waals surface area contributed by atoms with Crippen LogP contribution in [0.2, 0.25) is 0 Å². The van der Waals surface area contributed by atoms with Crippen LogP contribution >= 0.6 is 11.3 Å². The molecule has 1 amide bonds. The van der Waals surface area contributed by atoms with Crippen molar-refractivity contribution in [3.8, 4) is 5.75 Å². The lowest BCUT2D eigenvalue weighted by Gasteiger charge is -2.28. The predicted molar refractivity (Wildman–Crippen MR) is 100 cm³/mol. The average molecular weight is 359 g/mol. The van der Waals surface area contributed by atoms with E-state index in [9.17, 15) is 4.79 Å². The van der Waals surface area contributed by atoms with E-state index in [4.69, 9.17) is 9.47 Å². The van der Waals surface area contributed by atoms with Crippen LogP contribution < -0.4 is 10.1 Å². The lowest BCUT2D eigenvalue weighted by atomic mass is 9.83. The molecule has 4 nitrogen and oxygen atoms in total. The molecular formula is C20H25NO3S. The second kappa shape index (κ2) is 8.02. The molecule has 1 saturated carbocycles. The van der Waals surface area contributed by atoms with Crippen LogP contribution in [0.1, 0.15) is 42.2 Å². The highest BCUT2D eigenvalue weighted by atomic mass is 32.1. The fourth-order valence-corrected chi connectivity index (χ4v) is 4.71. The number of amides is 1. The molecule has 0 bridgehead atoms. The van der Waals surface area contributed by atoms with Crippen LogP contribution in [-0.2, 0) is 14.9 Å². The van der Waals surface area contributed by atoms with Gasteiger partial charge >= 0.3 is 0 Å². The van der Waals surface area contributed by atoms with Gasteiger partial charge in [-0.2, -0.15) is 0 Å². The maximum absolute atomic E-state index is 13.1. The normalized spacial score (nSPS) is 17.2. The molecule has 0 saturated heterocycles. The molecule has 1 atom stereocenters. The number of para-hydroxylation sites is 1. The van der Waals surface area contributed by atoms with Gasteiger partial charge in [-0.3, -0.25) is 4.79 Å². The summed E-state index contributed by atoms with van der Waals surface area (Å²) >= 11 is 1.68. The molecule has 134 valence electrons.